The standard InChI is InChI=1S/C21H21ClN2O5/c1-29-15-7-5-6-12-18(15)24-19-13(9-10-14(22)17(19)20(12)27)21(28)23-11-4-2-3-8-16(25)26/h5-7,9-10H,2-4,8,11H2,1H3,(H,23,28)(H,24,27)(H,25,26). The number of carbonyl (C=O) groups excluding carboxylic acids is 1. The van der Waals surface area contributed by atoms with Gasteiger partial charge in [-0.05, 0) is 37.1 Å². The van der Waals surface area contributed by atoms with Crippen molar-refractivity contribution in [2.45, 2.75) is 25.7 Å². The Hall–Kier alpha value is -3.06. The summed E-state index contributed by atoms with van der Waals surface area (Å²) < 4.78 is 5.34. The second-order valence-electron chi connectivity index (χ2n) is 6.64. The molecule has 0 aliphatic carbocycles. The van der Waals surface area contributed by atoms with E-state index in [1.165, 1.54) is 13.2 Å². The van der Waals surface area contributed by atoms with E-state index in [0.29, 0.717) is 53.5 Å². The number of para-hydroxylation sites is 1. The molecular weight excluding hydrogens is 396 g/mol. The fraction of sp³-hybridized carbons (Fsp3) is 0.286. The van der Waals surface area contributed by atoms with E-state index in [1.807, 2.05) is 0 Å². The zero-order valence-corrected chi connectivity index (χ0v) is 16.6. The number of hydrogen-bond acceptors (Lipinski definition) is 4. The summed E-state index contributed by atoms with van der Waals surface area (Å²) in [5.41, 5.74) is 0.876. The van der Waals surface area contributed by atoms with Crippen molar-refractivity contribution in [2.75, 3.05) is 13.7 Å². The number of carboxylic acid groups (broad SMARTS) is 1. The number of aromatic nitrogens is 1. The third-order valence-corrected chi connectivity index (χ3v) is 5.03. The van der Waals surface area contributed by atoms with Crippen molar-refractivity contribution in [3.8, 4) is 5.75 Å². The monoisotopic (exact) mass is 416 g/mol. The van der Waals surface area contributed by atoms with Crippen LogP contribution in [0.1, 0.15) is 36.0 Å². The number of pyridine rings is 1. The number of aromatic amines is 1. The minimum Gasteiger partial charge on any atom is -0.495 e. The fourth-order valence-corrected chi connectivity index (χ4v) is 3.52. The number of amides is 1. The number of methoxy groups -OCH3 is 1. The summed E-state index contributed by atoms with van der Waals surface area (Å²) in [5.74, 6) is -0.672. The van der Waals surface area contributed by atoms with Gasteiger partial charge in [0.2, 0.25) is 0 Å². The fourth-order valence-electron chi connectivity index (χ4n) is 3.27. The quantitative estimate of drug-likeness (QED) is 0.383. The van der Waals surface area contributed by atoms with Crippen LogP contribution in [0, 0.1) is 0 Å². The molecule has 3 rings (SSSR count). The van der Waals surface area contributed by atoms with Crippen molar-refractivity contribution in [1.82, 2.24) is 10.3 Å². The van der Waals surface area contributed by atoms with Gasteiger partial charge in [0, 0.05) is 18.4 Å². The molecule has 0 bridgehead atoms. The van der Waals surface area contributed by atoms with Crippen LogP contribution in [0.25, 0.3) is 21.8 Å². The van der Waals surface area contributed by atoms with Crippen molar-refractivity contribution < 1.29 is 19.4 Å². The molecule has 1 aromatic heterocycles. The van der Waals surface area contributed by atoms with E-state index in [-0.39, 0.29) is 28.2 Å². The molecular formula is C21H21ClN2O5. The molecule has 152 valence electrons. The van der Waals surface area contributed by atoms with Gasteiger partial charge in [0.1, 0.15) is 5.75 Å². The Labute approximate surface area is 171 Å². The highest BCUT2D eigenvalue weighted by Crippen LogP contribution is 2.28. The van der Waals surface area contributed by atoms with Crippen LogP contribution in [-0.4, -0.2) is 35.6 Å². The molecule has 3 N–H and O–H groups in total. The number of ether oxygens (including phenoxy) is 1. The van der Waals surface area contributed by atoms with Crippen LogP contribution in [-0.2, 0) is 4.79 Å². The lowest BCUT2D eigenvalue weighted by molar-refractivity contribution is -0.137. The Morgan fingerprint density at radius 3 is 2.66 bits per heavy atom. The molecule has 0 spiro atoms. The molecule has 0 saturated heterocycles. The molecule has 0 fully saturated rings. The number of fused-ring (bicyclic) bond motifs is 2. The van der Waals surface area contributed by atoms with Gasteiger partial charge in [-0.3, -0.25) is 14.4 Å². The second-order valence-corrected chi connectivity index (χ2v) is 7.05. The highest BCUT2D eigenvalue weighted by atomic mass is 35.5. The molecule has 0 saturated carbocycles. The van der Waals surface area contributed by atoms with Crippen LogP contribution in [0.3, 0.4) is 0 Å². The Morgan fingerprint density at radius 1 is 1.14 bits per heavy atom. The molecule has 0 aliphatic rings. The van der Waals surface area contributed by atoms with Crippen LogP contribution in [0.5, 0.6) is 5.75 Å². The van der Waals surface area contributed by atoms with Gasteiger partial charge >= 0.3 is 5.97 Å². The van der Waals surface area contributed by atoms with Gasteiger partial charge in [-0.15, -0.1) is 0 Å². The van der Waals surface area contributed by atoms with Gasteiger partial charge in [0.15, 0.2) is 5.43 Å². The van der Waals surface area contributed by atoms with E-state index in [0.717, 1.165) is 0 Å². The first-order chi connectivity index (χ1) is 13.9. The smallest absolute Gasteiger partial charge is 0.303 e. The molecule has 0 unspecified atom stereocenters. The van der Waals surface area contributed by atoms with Gasteiger partial charge in [-0.2, -0.15) is 0 Å². The van der Waals surface area contributed by atoms with Crippen molar-refractivity contribution in [1.29, 1.82) is 0 Å². The molecule has 7 nitrogen and oxygen atoms in total. The van der Waals surface area contributed by atoms with Gasteiger partial charge in [-0.25, -0.2) is 0 Å². The lowest BCUT2D eigenvalue weighted by Crippen LogP contribution is -2.25. The maximum Gasteiger partial charge on any atom is 0.303 e. The zero-order valence-electron chi connectivity index (χ0n) is 15.9. The van der Waals surface area contributed by atoms with Crippen LogP contribution in [0.4, 0.5) is 0 Å². The van der Waals surface area contributed by atoms with E-state index < -0.39 is 5.97 Å². The summed E-state index contributed by atoms with van der Waals surface area (Å²) in [7, 11) is 1.51. The summed E-state index contributed by atoms with van der Waals surface area (Å²) in [6, 6.07) is 8.23. The molecule has 3 aromatic rings. The molecule has 0 radical (unpaired) electrons. The number of carbonyl (C=O) groups is 2. The lowest BCUT2D eigenvalue weighted by Gasteiger charge is -2.12. The van der Waals surface area contributed by atoms with E-state index >= 15 is 0 Å². The number of benzene rings is 2. The molecule has 29 heavy (non-hydrogen) atoms. The Morgan fingerprint density at radius 2 is 1.93 bits per heavy atom. The molecule has 2 aromatic carbocycles. The average molecular weight is 417 g/mol. The molecule has 0 aliphatic heterocycles. The second kappa shape index (κ2) is 8.96. The van der Waals surface area contributed by atoms with Crippen molar-refractivity contribution >= 4 is 45.3 Å². The highest BCUT2D eigenvalue weighted by Gasteiger charge is 2.17. The Bertz CT molecular complexity index is 1140. The average Bonchev–Trinajstić information content (AvgIpc) is 2.70. The van der Waals surface area contributed by atoms with Crippen molar-refractivity contribution in [3.05, 3.63) is 51.1 Å². The molecule has 1 heterocycles. The van der Waals surface area contributed by atoms with Crippen LogP contribution in [0.2, 0.25) is 5.02 Å². The van der Waals surface area contributed by atoms with Gasteiger partial charge in [0.05, 0.1) is 34.1 Å². The number of hydrogen-bond donors (Lipinski definition) is 3. The van der Waals surface area contributed by atoms with E-state index in [4.69, 9.17) is 21.4 Å². The Balaban J connectivity index is 1.92. The summed E-state index contributed by atoms with van der Waals surface area (Å²) >= 11 is 6.27. The third kappa shape index (κ3) is 4.35. The van der Waals surface area contributed by atoms with Crippen LogP contribution < -0.4 is 15.5 Å². The largest absolute Gasteiger partial charge is 0.495 e. The molecule has 0 atom stereocenters. The van der Waals surface area contributed by atoms with Gasteiger partial charge in [0.25, 0.3) is 5.91 Å². The van der Waals surface area contributed by atoms with Crippen LogP contribution >= 0.6 is 11.6 Å². The number of halogens is 1. The minimum atomic E-state index is -0.826. The summed E-state index contributed by atoms with van der Waals surface area (Å²) in [4.78, 5) is 39.4. The van der Waals surface area contributed by atoms with E-state index in [2.05, 4.69) is 10.3 Å². The maximum absolute atomic E-state index is 13.0. The number of H-pyrrole nitrogens is 1. The summed E-state index contributed by atoms with van der Waals surface area (Å²) in [6.07, 6.45) is 2.05. The number of rotatable bonds is 8. The number of aliphatic carboxylic acids is 1. The SMILES string of the molecule is COc1cccc2c(=O)c3c(Cl)ccc(C(=O)NCCCCCC(=O)O)c3[nH]c12. The predicted molar refractivity (Wildman–Crippen MR) is 112 cm³/mol. The van der Waals surface area contributed by atoms with Crippen LogP contribution in [0.15, 0.2) is 35.1 Å². The predicted octanol–water partition coefficient (Wildman–Crippen LogP) is 3.72. The first kappa shape index (κ1) is 20.7. The zero-order chi connectivity index (χ0) is 21.0. The summed E-state index contributed by atoms with van der Waals surface area (Å²) in [6.45, 7) is 0.406. The number of carboxylic acids is 1. The van der Waals surface area contributed by atoms with Crippen molar-refractivity contribution in [2.24, 2.45) is 0 Å². The molecule has 1 amide bonds. The Kier molecular flexibility index (Phi) is 6.39. The van der Waals surface area contributed by atoms with E-state index in [1.54, 1.807) is 24.3 Å². The molecule has 8 heteroatoms. The van der Waals surface area contributed by atoms with Gasteiger partial charge in [-0.1, -0.05) is 24.1 Å². The minimum absolute atomic E-state index is 0.117. The first-order valence-electron chi connectivity index (χ1n) is 9.25. The van der Waals surface area contributed by atoms with Crippen molar-refractivity contribution in [3.63, 3.8) is 0 Å². The topological polar surface area (TPSA) is 108 Å². The van der Waals surface area contributed by atoms with Gasteiger partial charge < -0.3 is 20.1 Å². The maximum atomic E-state index is 13.0. The number of nitrogens with one attached hydrogen (secondary N) is 2. The summed E-state index contributed by atoms with van der Waals surface area (Å²) in [5, 5.41) is 12.4. The number of unbranched alkanes of at least 4 members (excludes halogenated alkanes) is 2. The first-order valence-corrected chi connectivity index (χ1v) is 9.63. The third-order valence-electron chi connectivity index (χ3n) is 4.72. The van der Waals surface area contributed by atoms with E-state index in [9.17, 15) is 14.4 Å². The highest BCUT2D eigenvalue weighted by molar-refractivity contribution is 6.36. The lowest BCUT2D eigenvalue weighted by atomic mass is 10.1. The normalized spacial score (nSPS) is 11.0.